The van der Waals surface area contributed by atoms with Crippen LogP contribution in [0.25, 0.3) is 10.2 Å². The number of benzene rings is 2. The molecule has 0 aliphatic carbocycles. The van der Waals surface area contributed by atoms with Crippen molar-refractivity contribution in [3.8, 4) is 5.75 Å². The molecule has 4 nitrogen and oxygen atoms in total. The minimum atomic E-state index is -0.147. The first-order valence-electron chi connectivity index (χ1n) is 8.94. The van der Waals surface area contributed by atoms with E-state index in [9.17, 15) is 4.79 Å². The van der Waals surface area contributed by atoms with E-state index in [-0.39, 0.29) is 12.3 Å². The Balaban J connectivity index is 1.82. The number of carbonyl (C=O) groups excluding carboxylic acids is 1. The Morgan fingerprint density at radius 3 is 2.69 bits per heavy atom. The Kier molecular flexibility index (Phi) is 5.89. The highest BCUT2D eigenvalue weighted by atomic mass is 32.1. The number of para-hydroxylation sites is 1. The van der Waals surface area contributed by atoms with Crippen molar-refractivity contribution in [2.24, 2.45) is 4.99 Å². The van der Waals surface area contributed by atoms with Crippen molar-refractivity contribution in [1.82, 2.24) is 4.57 Å². The Bertz CT molecular complexity index is 971. The van der Waals surface area contributed by atoms with E-state index in [4.69, 9.17) is 4.74 Å². The molecule has 1 amide bonds. The van der Waals surface area contributed by atoms with E-state index in [0.717, 1.165) is 23.5 Å². The number of aromatic nitrogens is 1. The quantitative estimate of drug-likeness (QED) is 0.637. The first-order valence-corrected chi connectivity index (χ1v) is 9.76. The third-order valence-corrected chi connectivity index (χ3v) is 5.34. The van der Waals surface area contributed by atoms with Gasteiger partial charge in [-0.3, -0.25) is 4.79 Å². The first-order chi connectivity index (χ1) is 12.6. The zero-order valence-electron chi connectivity index (χ0n) is 15.5. The molecular formula is C21H24N2O2S. The van der Waals surface area contributed by atoms with Crippen LogP contribution in [0.3, 0.4) is 0 Å². The highest BCUT2D eigenvalue weighted by Gasteiger charge is 2.10. The van der Waals surface area contributed by atoms with Gasteiger partial charge in [0.2, 0.25) is 0 Å². The highest BCUT2D eigenvalue weighted by molar-refractivity contribution is 7.16. The number of fused-ring (bicyclic) bond motifs is 1. The van der Waals surface area contributed by atoms with E-state index >= 15 is 0 Å². The zero-order chi connectivity index (χ0) is 18.5. The number of amides is 1. The van der Waals surface area contributed by atoms with Gasteiger partial charge >= 0.3 is 0 Å². The zero-order valence-corrected chi connectivity index (χ0v) is 16.3. The molecule has 0 saturated carbocycles. The van der Waals surface area contributed by atoms with Gasteiger partial charge in [0.05, 0.1) is 23.2 Å². The number of aryl methyl sites for hydroxylation is 3. The molecule has 1 heterocycles. The molecule has 3 rings (SSSR count). The summed E-state index contributed by atoms with van der Waals surface area (Å²) in [5.41, 5.74) is 3.63. The van der Waals surface area contributed by atoms with Gasteiger partial charge in [0, 0.05) is 6.54 Å². The van der Waals surface area contributed by atoms with Crippen molar-refractivity contribution < 1.29 is 9.53 Å². The van der Waals surface area contributed by atoms with E-state index in [1.165, 1.54) is 21.3 Å². The third kappa shape index (κ3) is 4.22. The van der Waals surface area contributed by atoms with E-state index < -0.39 is 0 Å². The smallest absolute Gasteiger partial charge is 0.251 e. The fourth-order valence-electron chi connectivity index (χ4n) is 2.97. The molecule has 3 aromatic rings. The van der Waals surface area contributed by atoms with Crippen LogP contribution in [0.1, 0.15) is 30.9 Å². The molecule has 0 N–H and O–H groups in total. The van der Waals surface area contributed by atoms with Crippen LogP contribution in [0, 0.1) is 13.8 Å². The summed E-state index contributed by atoms with van der Waals surface area (Å²) in [5, 5.41) is 0. The molecule has 5 heteroatoms. The average Bonchev–Trinajstić information content (AvgIpc) is 2.94. The van der Waals surface area contributed by atoms with Crippen molar-refractivity contribution in [1.29, 1.82) is 0 Å². The Hall–Kier alpha value is -2.40. The number of rotatable bonds is 6. The molecule has 0 radical (unpaired) electrons. The SMILES string of the molecule is CCCn1c(=NC(=O)CCOc2ccccc2)sc2c(C)cc(C)cc21. The van der Waals surface area contributed by atoms with Crippen LogP contribution in [0.15, 0.2) is 47.5 Å². The number of hydrogen-bond acceptors (Lipinski definition) is 3. The number of hydrogen-bond donors (Lipinski definition) is 0. The van der Waals surface area contributed by atoms with E-state index in [1.54, 1.807) is 11.3 Å². The molecule has 0 unspecified atom stereocenters. The van der Waals surface area contributed by atoms with Crippen LogP contribution in [-0.4, -0.2) is 17.1 Å². The molecule has 0 bridgehead atoms. The molecule has 0 saturated heterocycles. The largest absolute Gasteiger partial charge is 0.493 e. The standard InChI is InChI=1S/C21H24N2O2S/c1-4-11-23-18-14-15(2)13-16(3)20(18)26-21(23)22-19(24)10-12-25-17-8-6-5-7-9-17/h5-9,13-14H,4,10-12H2,1-3H3. The first kappa shape index (κ1) is 18.4. The van der Waals surface area contributed by atoms with Gasteiger partial charge in [-0.25, -0.2) is 0 Å². The minimum Gasteiger partial charge on any atom is -0.493 e. The summed E-state index contributed by atoms with van der Waals surface area (Å²) >= 11 is 1.59. The monoisotopic (exact) mass is 368 g/mol. The van der Waals surface area contributed by atoms with Gasteiger partial charge in [-0.1, -0.05) is 42.5 Å². The molecule has 2 aromatic carbocycles. The topological polar surface area (TPSA) is 43.6 Å². The molecule has 0 spiro atoms. The fourth-order valence-corrected chi connectivity index (χ4v) is 4.10. The van der Waals surface area contributed by atoms with Crippen molar-refractivity contribution in [3.05, 3.63) is 58.4 Å². The summed E-state index contributed by atoms with van der Waals surface area (Å²) in [6, 6.07) is 13.9. The fraction of sp³-hybridized carbons (Fsp3) is 0.333. The average molecular weight is 369 g/mol. The lowest BCUT2D eigenvalue weighted by Crippen LogP contribution is -2.17. The molecular weight excluding hydrogens is 344 g/mol. The van der Waals surface area contributed by atoms with Crippen molar-refractivity contribution in [3.63, 3.8) is 0 Å². The molecule has 26 heavy (non-hydrogen) atoms. The predicted octanol–water partition coefficient (Wildman–Crippen LogP) is 4.63. The van der Waals surface area contributed by atoms with E-state index in [0.29, 0.717) is 6.61 Å². The molecule has 0 atom stereocenters. The minimum absolute atomic E-state index is 0.147. The van der Waals surface area contributed by atoms with Crippen LogP contribution in [-0.2, 0) is 11.3 Å². The van der Waals surface area contributed by atoms with Crippen LogP contribution in [0.4, 0.5) is 0 Å². The van der Waals surface area contributed by atoms with Gasteiger partial charge in [0.1, 0.15) is 5.75 Å². The van der Waals surface area contributed by atoms with Gasteiger partial charge in [0.15, 0.2) is 4.80 Å². The Labute approximate surface area is 157 Å². The summed E-state index contributed by atoms with van der Waals surface area (Å²) in [7, 11) is 0. The number of ether oxygens (including phenoxy) is 1. The molecule has 0 aliphatic heterocycles. The lowest BCUT2D eigenvalue weighted by molar-refractivity contribution is -0.118. The molecule has 1 aromatic heterocycles. The maximum absolute atomic E-state index is 12.3. The number of carbonyl (C=O) groups is 1. The Morgan fingerprint density at radius 2 is 1.96 bits per heavy atom. The molecule has 0 fully saturated rings. The van der Waals surface area contributed by atoms with Crippen LogP contribution >= 0.6 is 11.3 Å². The van der Waals surface area contributed by atoms with Gasteiger partial charge in [-0.15, -0.1) is 0 Å². The van der Waals surface area contributed by atoms with Crippen LogP contribution in [0.2, 0.25) is 0 Å². The number of nitrogens with zero attached hydrogens (tertiary/aromatic N) is 2. The second-order valence-corrected chi connectivity index (χ2v) is 7.36. The lowest BCUT2D eigenvalue weighted by atomic mass is 10.1. The second kappa shape index (κ2) is 8.32. The summed E-state index contributed by atoms with van der Waals surface area (Å²) in [4.78, 5) is 17.5. The van der Waals surface area contributed by atoms with E-state index in [1.807, 2.05) is 30.3 Å². The van der Waals surface area contributed by atoms with Crippen molar-refractivity contribution in [2.45, 2.75) is 40.2 Å². The maximum atomic E-state index is 12.3. The summed E-state index contributed by atoms with van der Waals surface area (Å²) < 4.78 is 8.97. The molecule has 136 valence electrons. The summed E-state index contributed by atoms with van der Waals surface area (Å²) in [6.45, 7) is 7.54. The predicted molar refractivity (Wildman–Crippen MR) is 107 cm³/mol. The van der Waals surface area contributed by atoms with Gasteiger partial charge in [-0.2, -0.15) is 4.99 Å². The van der Waals surface area contributed by atoms with E-state index in [2.05, 4.69) is 42.5 Å². The van der Waals surface area contributed by atoms with Crippen LogP contribution in [0.5, 0.6) is 5.75 Å². The summed E-state index contributed by atoms with van der Waals surface area (Å²) in [5.74, 6) is 0.626. The van der Waals surface area contributed by atoms with Crippen LogP contribution < -0.4 is 9.54 Å². The van der Waals surface area contributed by atoms with Gasteiger partial charge in [-0.05, 0) is 49.6 Å². The van der Waals surface area contributed by atoms with Crippen molar-refractivity contribution in [2.75, 3.05) is 6.61 Å². The number of thiazole rings is 1. The third-order valence-electron chi connectivity index (χ3n) is 4.11. The maximum Gasteiger partial charge on any atom is 0.251 e. The molecule has 0 aliphatic rings. The second-order valence-electron chi connectivity index (χ2n) is 6.38. The van der Waals surface area contributed by atoms with Gasteiger partial charge in [0.25, 0.3) is 5.91 Å². The highest BCUT2D eigenvalue weighted by Crippen LogP contribution is 2.23. The van der Waals surface area contributed by atoms with Gasteiger partial charge < -0.3 is 9.30 Å². The Morgan fingerprint density at radius 1 is 1.19 bits per heavy atom. The normalized spacial score (nSPS) is 11.9. The summed E-state index contributed by atoms with van der Waals surface area (Å²) in [6.07, 6.45) is 1.27. The lowest BCUT2D eigenvalue weighted by Gasteiger charge is -2.05. The van der Waals surface area contributed by atoms with Crippen molar-refractivity contribution >= 4 is 27.5 Å².